The van der Waals surface area contributed by atoms with Gasteiger partial charge in [0.1, 0.15) is 6.10 Å². The van der Waals surface area contributed by atoms with Crippen molar-refractivity contribution in [2.24, 2.45) is 0 Å². The van der Waals surface area contributed by atoms with Crippen LogP contribution in [-0.2, 0) is 19.2 Å². The third-order valence-electron chi connectivity index (χ3n) is 4.98. The Balaban J connectivity index is 0.00000103. The first-order valence-corrected chi connectivity index (χ1v) is 10.7. The van der Waals surface area contributed by atoms with Crippen LogP contribution in [0, 0.1) is 5.82 Å². The first kappa shape index (κ1) is 27.8. The molecule has 1 fully saturated rings. The fraction of sp³-hybridized carbons (Fsp3) is 0.280. The molecule has 4 rings (SSSR count). The maximum Gasteiger partial charge on any atom is 0.261 e. The Morgan fingerprint density at radius 2 is 1.60 bits per heavy atom. The summed E-state index contributed by atoms with van der Waals surface area (Å²) in [5.41, 5.74) is 1.29. The van der Waals surface area contributed by atoms with Gasteiger partial charge in [0.2, 0.25) is 5.75 Å². The predicted molar refractivity (Wildman–Crippen MR) is 124 cm³/mol. The first-order valence-electron chi connectivity index (χ1n) is 10.7. The highest BCUT2D eigenvalue weighted by Crippen LogP contribution is 2.28. The standard InChI is InChI=1S/C21H20FNO8.2C2H4/c22-17-10-13(6-7-18(17)30-31-26)21-28-11-14(12-29-21)27-9-3-8-23-19(24)15-4-1-2-5-16(15)20(23)25;2*1-2/h1-2,4-7,10,14,21,26H,3,8-9,11-12H2;2*1-2H2. The van der Waals surface area contributed by atoms with Crippen molar-refractivity contribution in [3.05, 3.63) is 91.3 Å². The summed E-state index contributed by atoms with van der Waals surface area (Å²) < 4.78 is 30.7. The van der Waals surface area contributed by atoms with E-state index in [2.05, 4.69) is 36.2 Å². The van der Waals surface area contributed by atoms with Gasteiger partial charge in [0.05, 0.1) is 24.3 Å². The smallest absolute Gasteiger partial charge is 0.261 e. The summed E-state index contributed by atoms with van der Waals surface area (Å²) in [6.07, 6.45) is -0.615. The van der Waals surface area contributed by atoms with Crippen molar-refractivity contribution in [1.29, 1.82) is 0 Å². The van der Waals surface area contributed by atoms with E-state index in [0.717, 1.165) is 6.07 Å². The molecule has 0 bridgehead atoms. The lowest BCUT2D eigenvalue weighted by Gasteiger charge is -2.29. The van der Waals surface area contributed by atoms with Crippen molar-refractivity contribution in [2.45, 2.75) is 18.8 Å². The zero-order chi connectivity index (χ0) is 25.8. The van der Waals surface area contributed by atoms with Gasteiger partial charge in [-0.3, -0.25) is 14.5 Å². The van der Waals surface area contributed by atoms with Gasteiger partial charge in [-0.1, -0.05) is 12.1 Å². The van der Waals surface area contributed by atoms with Crippen LogP contribution in [0.4, 0.5) is 4.39 Å². The van der Waals surface area contributed by atoms with Crippen molar-refractivity contribution in [1.82, 2.24) is 4.90 Å². The van der Waals surface area contributed by atoms with Crippen LogP contribution < -0.4 is 4.89 Å². The lowest BCUT2D eigenvalue weighted by atomic mass is 10.1. The molecule has 0 radical (unpaired) electrons. The van der Waals surface area contributed by atoms with Crippen molar-refractivity contribution in [2.75, 3.05) is 26.4 Å². The molecule has 0 spiro atoms. The zero-order valence-corrected chi connectivity index (χ0v) is 19.2. The molecule has 2 aliphatic rings. The van der Waals surface area contributed by atoms with Gasteiger partial charge in [0.25, 0.3) is 11.8 Å². The monoisotopic (exact) mass is 489 g/mol. The first-order chi connectivity index (χ1) is 17.1. The van der Waals surface area contributed by atoms with Gasteiger partial charge < -0.3 is 19.1 Å². The molecule has 1 N–H and O–H groups in total. The summed E-state index contributed by atoms with van der Waals surface area (Å²) in [7, 11) is 0. The van der Waals surface area contributed by atoms with Crippen LogP contribution >= 0.6 is 0 Å². The van der Waals surface area contributed by atoms with Gasteiger partial charge in [-0.25, -0.2) is 9.65 Å². The molecule has 0 aromatic heterocycles. The van der Waals surface area contributed by atoms with E-state index in [0.29, 0.717) is 29.7 Å². The minimum atomic E-state index is -0.767. The molecule has 10 heteroatoms. The number of hydrogen-bond donors (Lipinski definition) is 1. The van der Waals surface area contributed by atoms with E-state index in [4.69, 9.17) is 19.5 Å². The summed E-state index contributed by atoms with van der Waals surface area (Å²) in [5, 5.41) is 11.7. The largest absolute Gasteiger partial charge is 0.373 e. The molecule has 9 nitrogen and oxygen atoms in total. The minimum Gasteiger partial charge on any atom is -0.373 e. The SMILES string of the molecule is C=C.C=C.O=C1c2ccccc2C(=O)N1CCCOC1COC(c2ccc(OOO)c(F)c2)OC1. The predicted octanol–water partition coefficient (Wildman–Crippen LogP) is 4.33. The summed E-state index contributed by atoms with van der Waals surface area (Å²) in [4.78, 5) is 30.1. The lowest BCUT2D eigenvalue weighted by molar-refractivity contribution is -0.439. The Hall–Kier alpha value is -3.41. The molecule has 2 amide bonds. The van der Waals surface area contributed by atoms with Crippen LogP contribution in [0.5, 0.6) is 5.75 Å². The number of ether oxygens (including phenoxy) is 3. The van der Waals surface area contributed by atoms with E-state index >= 15 is 0 Å². The van der Waals surface area contributed by atoms with E-state index in [1.54, 1.807) is 24.3 Å². The molecule has 35 heavy (non-hydrogen) atoms. The highest BCUT2D eigenvalue weighted by molar-refractivity contribution is 6.21. The lowest BCUT2D eigenvalue weighted by Crippen LogP contribution is -2.35. The molecule has 0 unspecified atom stereocenters. The normalized spacial score (nSPS) is 18.6. The van der Waals surface area contributed by atoms with E-state index in [1.165, 1.54) is 17.0 Å². The Labute approximate surface area is 202 Å². The van der Waals surface area contributed by atoms with Crippen LogP contribution in [-0.4, -0.2) is 54.4 Å². The van der Waals surface area contributed by atoms with Gasteiger partial charge in [0, 0.05) is 18.7 Å². The van der Waals surface area contributed by atoms with Crippen LogP contribution in [0.2, 0.25) is 0 Å². The number of carbonyl (C=O) groups is 2. The van der Waals surface area contributed by atoms with Gasteiger partial charge in [0.15, 0.2) is 12.1 Å². The number of carbonyl (C=O) groups excluding carboxylic acids is 2. The van der Waals surface area contributed by atoms with Crippen LogP contribution in [0.15, 0.2) is 68.8 Å². The number of imide groups is 1. The molecular formula is C25H28FNO8. The molecular weight excluding hydrogens is 461 g/mol. The maximum atomic E-state index is 13.8. The van der Waals surface area contributed by atoms with Crippen LogP contribution in [0.1, 0.15) is 39.0 Å². The van der Waals surface area contributed by atoms with E-state index in [-0.39, 0.29) is 43.4 Å². The van der Waals surface area contributed by atoms with Crippen LogP contribution in [0.25, 0.3) is 0 Å². The van der Waals surface area contributed by atoms with Crippen molar-refractivity contribution < 1.29 is 43.4 Å². The molecule has 2 aromatic rings. The average Bonchev–Trinajstić information content (AvgIpc) is 3.15. The molecule has 0 saturated carbocycles. The average molecular weight is 489 g/mol. The van der Waals surface area contributed by atoms with Gasteiger partial charge in [-0.15, -0.1) is 26.3 Å². The summed E-state index contributed by atoms with van der Waals surface area (Å²) in [6, 6.07) is 10.7. The van der Waals surface area contributed by atoms with Crippen molar-refractivity contribution in [3.8, 4) is 5.75 Å². The van der Waals surface area contributed by atoms with Gasteiger partial charge in [-0.05, 0) is 41.8 Å². The van der Waals surface area contributed by atoms with Gasteiger partial charge in [-0.2, -0.15) is 0 Å². The number of rotatable bonds is 8. The quantitative estimate of drug-likeness (QED) is 0.192. The number of nitrogens with zero attached hydrogens (tertiary/aromatic N) is 1. The molecule has 1 saturated heterocycles. The summed E-state index contributed by atoms with van der Waals surface area (Å²) in [6.45, 7) is 13.0. The van der Waals surface area contributed by atoms with Crippen molar-refractivity contribution >= 4 is 11.8 Å². The van der Waals surface area contributed by atoms with E-state index in [1.807, 2.05) is 0 Å². The molecule has 188 valence electrons. The second kappa shape index (κ2) is 14.1. The number of fused-ring (bicyclic) bond motifs is 1. The third-order valence-corrected chi connectivity index (χ3v) is 4.98. The van der Waals surface area contributed by atoms with E-state index in [9.17, 15) is 14.0 Å². The topological polar surface area (TPSA) is 104 Å². The second-order valence-electron chi connectivity index (χ2n) is 7.00. The molecule has 0 aliphatic carbocycles. The highest BCUT2D eigenvalue weighted by atomic mass is 19.1. The minimum absolute atomic E-state index is 0.233. The van der Waals surface area contributed by atoms with Crippen LogP contribution in [0.3, 0.4) is 0 Å². The fourth-order valence-electron chi connectivity index (χ4n) is 3.46. The third kappa shape index (κ3) is 6.81. The Morgan fingerprint density at radius 3 is 2.14 bits per heavy atom. The number of hydrogen-bond acceptors (Lipinski definition) is 8. The number of amides is 2. The summed E-state index contributed by atoms with van der Waals surface area (Å²) >= 11 is 0. The number of benzene rings is 2. The van der Waals surface area contributed by atoms with E-state index < -0.39 is 12.1 Å². The highest BCUT2D eigenvalue weighted by Gasteiger charge is 2.34. The van der Waals surface area contributed by atoms with Crippen molar-refractivity contribution in [3.63, 3.8) is 0 Å². The molecule has 2 aromatic carbocycles. The molecule has 0 atom stereocenters. The maximum absolute atomic E-state index is 13.8. The Bertz CT molecular complexity index is 956. The van der Waals surface area contributed by atoms with Gasteiger partial charge >= 0.3 is 0 Å². The molecule has 2 aliphatic heterocycles. The zero-order valence-electron chi connectivity index (χ0n) is 19.2. The summed E-state index contributed by atoms with van der Waals surface area (Å²) in [5.74, 6) is -1.60. The fourth-order valence-corrected chi connectivity index (χ4v) is 3.46. The second-order valence-corrected chi connectivity index (χ2v) is 7.00. The number of halogens is 1. The Morgan fingerprint density at radius 1 is 1.00 bits per heavy atom. The Kier molecular flexibility index (Phi) is 11.2. The molecule has 2 heterocycles.